The monoisotopic (exact) mass is 912 g/mol. The Morgan fingerprint density at radius 3 is 1.39 bits per heavy atom. The van der Waals surface area contributed by atoms with Crippen LogP contribution in [0.3, 0.4) is 0 Å². The zero-order chi connectivity index (χ0) is 44.4. The number of halogens is 1. The van der Waals surface area contributed by atoms with Crippen LogP contribution < -0.4 is 0 Å². The number of benzene rings is 5. The number of alkyl halides is 1. The number of ether oxygens (including phenoxy) is 9. The summed E-state index contributed by atoms with van der Waals surface area (Å²) in [4.78, 5) is 12.9. The van der Waals surface area contributed by atoms with Gasteiger partial charge in [-0.1, -0.05) is 159 Å². The number of thioether (sulfide) groups is 1. The van der Waals surface area contributed by atoms with Crippen molar-refractivity contribution < 1.29 is 52.5 Å². The second-order valence-corrected chi connectivity index (χ2v) is 17.1. The molecule has 13 heteroatoms. The fourth-order valence-electron chi connectivity index (χ4n) is 7.69. The van der Waals surface area contributed by atoms with Crippen LogP contribution in [0.25, 0.3) is 0 Å². The molecule has 0 unspecified atom stereocenters. The summed E-state index contributed by atoms with van der Waals surface area (Å²) in [5.41, 5.74) is 4.06. The highest BCUT2D eigenvalue weighted by Gasteiger charge is 2.52. The molecule has 0 spiro atoms. The molecule has 64 heavy (non-hydrogen) atoms. The fourth-order valence-corrected chi connectivity index (χ4v) is 8.71. The maximum Gasteiger partial charge on any atom is 0.321 e. The van der Waals surface area contributed by atoms with E-state index in [-0.39, 0.29) is 45.5 Å². The first-order valence-corrected chi connectivity index (χ1v) is 23.3. The van der Waals surface area contributed by atoms with Crippen LogP contribution in [0.5, 0.6) is 0 Å². The first-order chi connectivity index (χ1) is 31.5. The molecule has 0 aromatic heterocycles. The highest BCUT2D eigenvalue weighted by Crippen LogP contribution is 2.36. The maximum absolute atomic E-state index is 12.9. The zero-order valence-corrected chi connectivity index (χ0v) is 37.5. The van der Waals surface area contributed by atoms with Crippen molar-refractivity contribution in [2.24, 2.45) is 0 Å². The summed E-state index contributed by atoms with van der Waals surface area (Å²) in [6.45, 7) is 3.23. The van der Waals surface area contributed by atoms with Gasteiger partial charge in [0.15, 0.2) is 12.4 Å². The normalized spacial score (nSPS) is 25.7. The third kappa shape index (κ3) is 13.9. The summed E-state index contributed by atoms with van der Waals surface area (Å²) in [6.07, 6.45) is -8.14. The summed E-state index contributed by atoms with van der Waals surface area (Å²) >= 11 is 7.47. The Kier molecular flexibility index (Phi) is 19.1. The van der Waals surface area contributed by atoms with Crippen molar-refractivity contribution in [3.05, 3.63) is 179 Å². The largest absolute Gasteiger partial charge is 0.455 e. The predicted molar refractivity (Wildman–Crippen MR) is 244 cm³/mol. The van der Waals surface area contributed by atoms with Gasteiger partial charge in [-0.2, -0.15) is 0 Å². The quantitative estimate of drug-likeness (QED) is 0.0502. The van der Waals surface area contributed by atoms with Crippen LogP contribution in [0.1, 0.15) is 34.7 Å². The lowest BCUT2D eigenvalue weighted by Gasteiger charge is -2.47. The van der Waals surface area contributed by atoms with E-state index in [0.29, 0.717) is 12.4 Å². The highest BCUT2D eigenvalue weighted by atomic mass is 35.5. The molecule has 0 amide bonds. The SMILES string of the molecule is CCS[C@H]1O[C@H](CO[C@H]2O[C@H](COCc3ccccc3)[C@@H](OCc3ccccc3)[C@H](OCc3ccccc3)[C@@H]2O)[C@@H](OCc2ccccc2)[C@H](OCc2ccccc2)[C@@H]1OC(=O)CCl. The first-order valence-electron chi connectivity index (χ1n) is 21.7. The van der Waals surface area contributed by atoms with Crippen LogP contribution in [0.15, 0.2) is 152 Å². The lowest BCUT2D eigenvalue weighted by atomic mass is 9.97. The number of aliphatic hydroxyl groups excluding tert-OH is 1. The topological polar surface area (TPSA) is 120 Å². The van der Waals surface area contributed by atoms with Gasteiger partial charge in [0.2, 0.25) is 0 Å². The lowest BCUT2D eigenvalue weighted by Crippen LogP contribution is -2.63. The molecule has 2 fully saturated rings. The number of carbonyl (C=O) groups is 1. The highest BCUT2D eigenvalue weighted by molar-refractivity contribution is 7.99. The molecule has 5 aromatic rings. The molecule has 340 valence electrons. The van der Waals surface area contributed by atoms with Gasteiger partial charge in [0.1, 0.15) is 54.0 Å². The Morgan fingerprint density at radius 2 is 0.938 bits per heavy atom. The van der Waals surface area contributed by atoms with E-state index in [2.05, 4.69) is 0 Å². The molecule has 11 nitrogen and oxygen atoms in total. The van der Waals surface area contributed by atoms with Gasteiger partial charge in [-0.3, -0.25) is 4.79 Å². The molecule has 0 bridgehead atoms. The van der Waals surface area contributed by atoms with Gasteiger partial charge in [-0.15, -0.1) is 23.4 Å². The Labute approximate surface area is 385 Å². The second kappa shape index (κ2) is 25.5. The predicted octanol–water partition coefficient (Wildman–Crippen LogP) is 8.28. The van der Waals surface area contributed by atoms with Gasteiger partial charge in [0, 0.05) is 0 Å². The van der Waals surface area contributed by atoms with Crippen molar-refractivity contribution in [1.82, 2.24) is 0 Å². The Morgan fingerprint density at radius 1 is 0.531 bits per heavy atom. The van der Waals surface area contributed by atoms with Crippen molar-refractivity contribution in [1.29, 1.82) is 0 Å². The number of aliphatic hydroxyl groups is 1. The summed E-state index contributed by atoms with van der Waals surface area (Å²) in [5, 5.41) is 12.2. The van der Waals surface area contributed by atoms with E-state index >= 15 is 0 Å². The summed E-state index contributed by atoms with van der Waals surface area (Å²) in [7, 11) is 0. The Balaban J connectivity index is 1.17. The van der Waals surface area contributed by atoms with E-state index in [0.717, 1.165) is 27.8 Å². The van der Waals surface area contributed by atoms with Crippen LogP contribution >= 0.6 is 23.4 Å². The third-order valence-corrected chi connectivity index (χ3v) is 12.1. The maximum atomic E-state index is 12.9. The van der Waals surface area contributed by atoms with Gasteiger partial charge in [0.25, 0.3) is 0 Å². The summed E-state index contributed by atoms with van der Waals surface area (Å²) in [6, 6.07) is 48.9. The second-order valence-electron chi connectivity index (χ2n) is 15.5. The van der Waals surface area contributed by atoms with Crippen molar-refractivity contribution in [2.45, 2.75) is 101 Å². The zero-order valence-electron chi connectivity index (χ0n) is 35.9. The summed E-state index contributed by atoms with van der Waals surface area (Å²) in [5.74, 6) is -0.301. The summed E-state index contributed by atoms with van der Waals surface area (Å²) < 4.78 is 58.9. The van der Waals surface area contributed by atoms with Gasteiger partial charge in [-0.25, -0.2) is 0 Å². The molecule has 0 saturated carbocycles. The molecule has 5 aromatic carbocycles. The minimum absolute atomic E-state index is 0.0954. The van der Waals surface area contributed by atoms with E-state index in [9.17, 15) is 9.90 Å². The number of esters is 1. The van der Waals surface area contributed by atoms with Crippen LogP contribution in [0.2, 0.25) is 0 Å². The molecule has 10 atom stereocenters. The molecule has 2 aliphatic heterocycles. The first kappa shape index (κ1) is 47.8. The van der Waals surface area contributed by atoms with E-state index in [1.165, 1.54) is 11.8 Å². The molecule has 2 heterocycles. The number of hydrogen-bond acceptors (Lipinski definition) is 12. The molecule has 2 aliphatic rings. The molecule has 2 saturated heterocycles. The van der Waals surface area contributed by atoms with Crippen LogP contribution in [-0.2, 0) is 80.5 Å². The molecule has 7 rings (SSSR count). The third-order valence-electron chi connectivity index (χ3n) is 10.9. The molecule has 0 radical (unpaired) electrons. The lowest BCUT2D eigenvalue weighted by molar-refractivity contribution is -0.328. The molecule has 0 aliphatic carbocycles. The Hall–Kier alpha value is -4.15. The van der Waals surface area contributed by atoms with E-state index in [4.69, 9.17) is 54.2 Å². The smallest absolute Gasteiger partial charge is 0.321 e. The van der Waals surface area contributed by atoms with E-state index in [1.54, 1.807) is 0 Å². The van der Waals surface area contributed by atoms with Gasteiger partial charge in [0.05, 0.1) is 46.2 Å². The number of rotatable bonds is 23. The Bertz CT molecular complexity index is 2060. The van der Waals surface area contributed by atoms with Crippen LogP contribution in [0, 0.1) is 0 Å². The molecular formula is C51H57ClO11S. The van der Waals surface area contributed by atoms with Crippen molar-refractivity contribution in [2.75, 3.05) is 24.8 Å². The standard InChI is InChI=1S/C51H57ClO11S/c1-2-64-51-49(63-43(53)28-52)48(59-33-40-26-16-7-17-27-40)46(57-31-38-22-12-5-13-23-38)42(62-51)35-60-50-44(54)47(58-32-39-24-14-6-15-25-39)45(56-30-37-20-10-4-11-21-37)41(61-50)34-55-29-36-18-8-3-9-19-36/h3-27,41-42,44-51,54H,2,28-35H2,1H3/t41-,42-,44+,45-,46-,47-,48+,49+,50+,51-/m1/s1. The number of hydrogen-bond donors (Lipinski definition) is 1. The molecule has 1 N–H and O–H groups in total. The van der Waals surface area contributed by atoms with Crippen LogP contribution in [-0.4, -0.2) is 96.5 Å². The minimum atomic E-state index is -1.30. The average molecular weight is 914 g/mol. The number of carbonyl (C=O) groups excluding carboxylic acids is 1. The van der Waals surface area contributed by atoms with Crippen molar-refractivity contribution >= 4 is 29.3 Å². The van der Waals surface area contributed by atoms with Gasteiger partial charge in [-0.05, 0) is 33.6 Å². The van der Waals surface area contributed by atoms with Gasteiger partial charge >= 0.3 is 5.97 Å². The minimum Gasteiger partial charge on any atom is -0.455 e. The van der Waals surface area contributed by atoms with Crippen molar-refractivity contribution in [3.8, 4) is 0 Å². The van der Waals surface area contributed by atoms with E-state index in [1.807, 2.05) is 159 Å². The van der Waals surface area contributed by atoms with E-state index < -0.39 is 66.5 Å². The van der Waals surface area contributed by atoms with Crippen molar-refractivity contribution in [3.63, 3.8) is 0 Å². The average Bonchev–Trinajstić information content (AvgIpc) is 3.34. The van der Waals surface area contributed by atoms with Gasteiger partial charge < -0.3 is 47.7 Å². The van der Waals surface area contributed by atoms with Crippen LogP contribution in [0.4, 0.5) is 0 Å². The molecular weight excluding hydrogens is 856 g/mol. The fraction of sp³-hybridized carbons (Fsp3) is 0.392.